The van der Waals surface area contributed by atoms with Crippen LogP contribution in [-0.4, -0.2) is 44.6 Å². The van der Waals surface area contributed by atoms with E-state index in [0.29, 0.717) is 4.31 Å². The highest BCUT2D eigenvalue weighted by Gasteiger charge is 2.19. The third kappa shape index (κ3) is 5.01. The molecule has 0 radical (unpaired) electrons. The summed E-state index contributed by atoms with van der Waals surface area (Å²) in [5.41, 5.74) is 0. The van der Waals surface area contributed by atoms with Crippen molar-refractivity contribution in [3.8, 4) is 0 Å². The SMILES string of the molecule is C=CCNC(=O)NC(=O)N(C)S(C)(=O)=O. The monoisotopic (exact) mass is 235 g/mol. The highest BCUT2D eigenvalue weighted by Crippen LogP contribution is 1.92. The molecule has 15 heavy (non-hydrogen) atoms. The Morgan fingerprint density at radius 1 is 1.47 bits per heavy atom. The molecule has 0 spiro atoms. The summed E-state index contributed by atoms with van der Waals surface area (Å²) in [4.78, 5) is 22.0. The van der Waals surface area contributed by atoms with Crippen LogP contribution in [0, 0.1) is 0 Å². The van der Waals surface area contributed by atoms with Gasteiger partial charge in [0.25, 0.3) is 0 Å². The van der Waals surface area contributed by atoms with E-state index >= 15 is 0 Å². The van der Waals surface area contributed by atoms with Gasteiger partial charge in [0.05, 0.1) is 6.26 Å². The van der Waals surface area contributed by atoms with Gasteiger partial charge >= 0.3 is 12.1 Å². The quantitative estimate of drug-likeness (QED) is 0.643. The Hall–Kier alpha value is -1.57. The first-order valence-electron chi connectivity index (χ1n) is 3.92. The molecule has 0 heterocycles. The van der Waals surface area contributed by atoms with E-state index in [4.69, 9.17) is 0 Å². The van der Waals surface area contributed by atoms with Crippen LogP contribution in [0.2, 0.25) is 0 Å². The molecule has 0 aliphatic rings. The molecule has 0 aliphatic carbocycles. The summed E-state index contributed by atoms with van der Waals surface area (Å²) in [5.74, 6) is 0. The Kier molecular flexibility index (Phi) is 4.79. The van der Waals surface area contributed by atoms with Crippen LogP contribution < -0.4 is 10.6 Å². The number of hydrogen-bond acceptors (Lipinski definition) is 4. The number of hydrogen-bond donors (Lipinski definition) is 2. The molecule has 0 rings (SSSR count). The van der Waals surface area contributed by atoms with Crippen molar-refractivity contribution in [1.82, 2.24) is 14.9 Å². The van der Waals surface area contributed by atoms with Crippen LogP contribution in [0.5, 0.6) is 0 Å². The first kappa shape index (κ1) is 13.4. The van der Waals surface area contributed by atoms with Gasteiger partial charge in [0.1, 0.15) is 0 Å². The molecular weight excluding hydrogens is 222 g/mol. The van der Waals surface area contributed by atoms with Gasteiger partial charge in [-0.1, -0.05) is 6.08 Å². The fourth-order valence-electron chi connectivity index (χ4n) is 0.536. The summed E-state index contributed by atoms with van der Waals surface area (Å²) >= 11 is 0. The number of amides is 4. The minimum absolute atomic E-state index is 0.182. The van der Waals surface area contributed by atoms with Crippen molar-refractivity contribution in [1.29, 1.82) is 0 Å². The molecular formula is C7H13N3O4S. The Morgan fingerprint density at radius 2 is 2.00 bits per heavy atom. The average molecular weight is 235 g/mol. The average Bonchev–Trinajstić information content (AvgIpc) is 2.11. The van der Waals surface area contributed by atoms with Crippen LogP contribution in [0.15, 0.2) is 12.7 Å². The highest BCUT2D eigenvalue weighted by atomic mass is 32.2. The van der Waals surface area contributed by atoms with Crippen LogP contribution in [0.3, 0.4) is 0 Å². The van der Waals surface area contributed by atoms with Gasteiger partial charge in [-0.25, -0.2) is 22.3 Å². The molecule has 86 valence electrons. The van der Waals surface area contributed by atoms with E-state index in [2.05, 4.69) is 11.9 Å². The van der Waals surface area contributed by atoms with Crippen molar-refractivity contribution in [3.63, 3.8) is 0 Å². The van der Waals surface area contributed by atoms with Crippen LogP contribution in [0.4, 0.5) is 9.59 Å². The number of carbonyl (C=O) groups is 2. The number of sulfonamides is 1. The van der Waals surface area contributed by atoms with Gasteiger partial charge in [0.15, 0.2) is 0 Å². The Balaban J connectivity index is 4.26. The zero-order valence-electron chi connectivity index (χ0n) is 8.48. The molecule has 7 nitrogen and oxygen atoms in total. The molecule has 0 saturated carbocycles. The van der Waals surface area contributed by atoms with Crippen molar-refractivity contribution in [2.45, 2.75) is 0 Å². The molecule has 0 atom stereocenters. The van der Waals surface area contributed by atoms with E-state index in [9.17, 15) is 18.0 Å². The molecule has 0 aliphatic heterocycles. The van der Waals surface area contributed by atoms with Crippen LogP contribution in [0.1, 0.15) is 0 Å². The lowest BCUT2D eigenvalue weighted by atomic mass is 10.6. The van der Waals surface area contributed by atoms with Crippen LogP contribution in [-0.2, 0) is 10.0 Å². The predicted molar refractivity (Wildman–Crippen MR) is 54.7 cm³/mol. The van der Waals surface area contributed by atoms with Crippen LogP contribution in [0.25, 0.3) is 0 Å². The van der Waals surface area contributed by atoms with E-state index in [0.717, 1.165) is 13.3 Å². The summed E-state index contributed by atoms with van der Waals surface area (Å²) < 4.78 is 22.2. The molecule has 4 amide bonds. The smallest absolute Gasteiger partial charge is 0.334 e. The summed E-state index contributed by atoms with van der Waals surface area (Å²) in [5, 5.41) is 4.09. The maximum Gasteiger partial charge on any atom is 0.338 e. The second-order valence-electron chi connectivity index (χ2n) is 2.66. The van der Waals surface area contributed by atoms with Gasteiger partial charge in [-0.3, -0.25) is 5.32 Å². The van der Waals surface area contributed by atoms with E-state index in [-0.39, 0.29) is 6.54 Å². The first-order chi connectivity index (χ1) is 6.79. The van der Waals surface area contributed by atoms with Crippen LogP contribution >= 0.6 is 0 Å². The minimum atomic E-state index is -3.65. The molecule has 0 aromatic rings. The zero-order chi connectivity index (χ0) is 12.1. The molecule has 0 fully saturated rings. The molecule has 0 aromatic heterocycles. The standard InChI is InChI=1S/C7H13N3O4S/c1-4-5-8-6(11)9-7(12)10(2)15(3,13)14/h4H,1,5H2,2-3H3,(H2,8,9,11,12). The topological polar surface area (TPSA) is 95.6 Å². The fraction of sp³-hybridized carbons (Fsp3) is 0.429. The number of rotatable bonds is 3. The molecule has 0 aromatic carbocycles. The van der Waals surface area contributed by atoms with Crippen molar-refractivity contribution in [3.05, 3.63) is 12.7 Å². The number of carbonyl (C=O) groups excluding carboxylic acids is 2. The van der Waals surface area contributed by atoms with Gasteiger partial charge in [0, 0.05) is 13.6 Å². The molecule has 0 unspecified atom stereocenters. The third-order valence-corrected chi connectivity index (χ3v) is 2.57. The Bertz CT molecular complexity index is 362. The van der Waals surface area contributed by atoms with Crippen molar-refractivity contribution in [2.75, 3.05) is 19.8 Å². The van der Waals surface area contributed by atoms with E-state index in [1.807, 2.05) is 5.32 Å². The lowest BCUT2D eigenvalue weighted by molar-refractivity contribution is 0.220. The molecule has 2 N–H and O–H groups in total. The summed E-state index contributed by atoms with van der Waals surface area (Å²) in [6.45, 7) is 3.53. The van der Waals surface area contributed by atoms with Gasteiger partial charge in [-0.05, 0) is 0 Å². The van der Waals surface area contributed by atoms with E-state index in [1.54, 1.807) is 0 Å². The Morgan fingerprint density at radius 3 is 2.40 bits per heavy atom. The lowest BCUT2D eigenvalue weighted by Crippen LogP contribution is -2.47. The second kappa shape index (κ2) is 5.35. The van der Waals surface area contributed by atoms with Gasteiger partial charge in [-0.2, -0.15) is 0 Å². The fourth-order valence-corrected chi connectivity index (χ4v) is 0.882. The number of nitrogens with one attached hydrogen (secondary N) is 2. The summed E-state index contributed by atoms with van der Waals surface area (Å²) in [6, 6.07) is -1.80. The van der Waals surface area contributed by atoms with Crippen molar-refractivity contribution < 1.29 is 18.0 Å². The Labute approximate surface area is 88.2 Å². The second-order valence-corrected chi connectivity index (χ2v) is 4.67. The summed E-state index contributed by atoms with van der Waals surface area (Å²) in [7, 11) is -2.60. The minimum Gasteiger partial charge on any atom is -0.334 e. The summed E-state index contributed by atoms with van der Waals surface area (Å²) in [6.07, 6.45) is 2.28. The van der Waals surface area contributed by atoms with Gasteiger partial charge in [-0.15, -0.1) is 6.58 Å². The molecule has 0 bridgehead atoms. The maximum absolute atomic E-state index is 11.1. The van der Waals surface area contributed by atoms with Crippen molar-refractivity contribution in [2.24, 2.45) is 0 Å². The third-order valence-electron chi connectivity index (χ3n) is 1.41. The first-order valence-corrected chi connectivity index (χ1v) is 5.77. The largest absolute Gasteiger partial charge is 0.338 e. The highest BCUT2D eigenvalue weighted by molar-refractivity contribution is 7.88. The number of urea groups is 2. The lowest BCUT2D eigenvalue weighted by Gasteiger charge is -2.14. The number of nitrogens with zero attached hydrogens (tertiary/aromatic N) is 1. The van der Waals surface area contributed by atoms with E-state index < -0.39 is 22.1 Å². The molecule has 0 saturated heterocycles. The molecule has 8 heteroatoms. The predicted octanol–water partition coefficient (Wildman–Crippen LogP) is -0.517. The van der Waals surface area contributed by atoms with Gasteiger partial charge < -0.3 is 5.32 Å². The zero-order valence-corrected chi connectivity index (χ0v) is 9.30. The maximum atomic E-state index is 11.1. The van der Waals surface area contributed by atoms with E-state index in [1.165, 1.54) is 6.08 Å². The number of imide groups is 1. The normalized spacial score (nSPS) is 10.3. The van der Waals surface area contributed by atoms with Gasteiger partial charge in [0.2, 0.25) is 10.0 Å². The van der Waals surface area contributed by atoms with Crippen molar-refractivity contribution >= 4 is 22.1 Å².